The molecule has 0 aromatic heterocycles. The van der Waals surface area contributed by atoms with Crippen LogP contribution in [0.1, 0.15) is 39.5 Å². The van der Waals surface area contributed by atoms with Crippen molar-refractivity contribution in [2.45, 2.75) is 52.2 Å². The first-order valence-electron chi connectivity index (χ1n) is 8.63. The van der Waals surface area contributed by atoms with Crippen LogP contribution in [0, 0.1) is 0 Å². The summed E-state index contributed by atoms with van der Waals surface area (Å²) in [7, 11) is 0. The molecule has 0 bridgehead atoms. The maximum atomic E-state index is 2.35. The van der Waals surface area contributed by atoms with Crippen LogP contribution in [0.2, 0.25) is 12.6 Å². The Bertz CT molecular complexity index is 460. The Kier molecular flexibility index (Phi) is 8.86. The summed E-state index contributed by atoms with van der Waals surface area (Å²) in [5, 5.41) is 0. The van der Waals surface area contributed by atoms with Crippen molar-refractivity contribution < 1.29 is 22.4 Å². The number of benzene rings is 2. The zero-order valence-electron chi connectivity index (χ0n) is 13.9. The van der Waals surface area contributed by atoms with Crippen LogP contribution in [0.15, 0.2) is 60.7 Å². The van der Waals surface area contributed by atoms with E-state index < -0.39 is 6.15 Å². The minimum absolute atomic E-state index is 0. The van der Waals surface area contributed by atoms with Gasteiger partial charge >= 0.3 is 22.4 Å². The molecule has 0 radical (unpaired) electrons. The van der Waals surface area contributed by atoms with E-state index in [2.05, 4.69) is 74.5 Å². The molecule has 22 heavy (non-hydrogen) atoms. The Labute approximate surface area is 152 Å². The fraction of sp³-hybridized carbons (Fsp3) is 0.400. The summed E-state index contributed by atoms with van der Waals surface area (Å²) in [4.78, 5) is 0. The maximum Gasteiger partial charge on any atom is 1.00 e. The molecule has 0 amide bonds. The molecule has 2 aromatic carbocycles. The Morgan fingerprint density at radius 1 is 0.636 bits per heavy atom. The summed E-state index contributed by atoms with van der Waals surface area (Å²) in [5.41, 5.74) is 3.09. The largest absolute Gasteiger partial charge is 1.00 e. The topological polar surface area (TPSA) is 0 Å². The van der Waals surface area contributed by atoms with Gasteiger partial charge in [0.25, 0.3) is 0 Å². The van der Waals surface area contributed by atoms with Crippen LogP contribution in [0.25, 0.3) is 0 Å². The normalized spacial score (nSPS) is 11.0. The quantitative estimate of drug-likeness (QED) is 0.569. The van der Waals surface area contributed by atoms with Crippen molar-refractivity contribution in [3.05, 3.63) is 60.7 Å². The monoisotopic (exact) mass is 386 g/mol. The van der Waals surface area contributed by atoms with E-state index >= 15 is 0 Å². The first-order valence-corrected chi connectivity index (χ1v) is 8.63. The molecule has 0 atom stereocenters. The third-order valence-electron chi connectivity index (χ3n) is 4.98. The number of hydrogen-bond acceptors (Lipinski definition) is 0. The van der Waals surface area contributed by atoms with Gasteiger partial charge in [-0.3, -0.25) is 0 Å². The first-order chi connectivity index (χ1) is 10.3. The van der Waals surface area contributed by atoms with E-state index in [0.29, 0.717) is 0 Å². The molecule has 0 saturated heterocycles. The van der Waals surface area contributed by atoms with Gasteiger partial charge in [0, 0.05) is 0 Å². The Morgan fingerprint density at radius 2 is 1.00 bits per heavy atom. The standard InChI is InChI=1S/C20H28B.Ag/c1-3-5-17-21(18-6-4-2,19-13-9-7-10-14-19)20-15-11-8-12-16-20;/h7-16H,3-6,17-18H2,1-2H3;/q-1;+1. The van der Waals surface area contributed by atoms with Gasteiger partial charge in [0.15, 0.2) is 0 Å². The molecule has 0 aliphatic carbocycles. The predicted octanol–water partition coefficient (Wildman–Crippen LogP) is 4.85. The average Bonchev–Trinajstić information content (AvgIpc) is 2.57. The molecule has 0 fully saturated rings. The summed E-state index contributed by atoms with van der Waals surface area (Å²) < 4.78 is 0. The third-order valence-corrected chi connectivity index (χ3v) is 4.98. The Hall–Kier alpha value is -0.755. The van der Waals surface area contributed by atoms with Crippen LogP contribution in [0.4, 0.5) is 0 Å². The van der Waals surface area contributed by atoms with E-state index in [1.165, 1.54) is 38.3 Å². The van der Waals surface area contributed by atoms with Crippen molar-refractivity contribution in [3.63, 3.8) is 0 Å². The third kappa shape index (κ3) is 4.62. The van der Waals surface area contributed by atoms with E-state index in [9.17, 15) is 0 Å². The van der Waals surface area contributed by atoms with E-state index in [-0.39, 0.29) is 22.4 Å². The number of hydrogen-bond donors (Lipinski definition) is 0. The minimum Gasteiger partial charge on any atom is -0.205 e. The van der Waals surface area contributed by atoms with Gasteiger partial charge in [-0.15, -0.1) is 0 Å². The molecular formula is C20H28AgB. The fourth-order valence-corrected chi connectivity index (χ4v) is 3.75. The minimum atomic E-state index is -0.611. The van der Waals surface area contributed by atoms with Crippen molar-refractivity contribution in [1.82, 2.24) is 0 Å². The van der Waals surface area contributed by atoms with Crippen LogP contribution in [-0.4, -0.2) is 6.15 Å². The van der Waals surface area contributed by atoms with E-state index in [4.69, 9.17) is 0 Å². The summed E-state index contributed by atoms with van der Waals surface area (Å²) >= 11 is 0. The summed E-state index contributed by atoms with van der Waals surface area (Å²) in [6.45, 7) is 4.60. The molecule has 2 heteroatoms. The van der Waals surface area contributed by atoms with Gasteiger partial charge in [0.05, 0.1) is 6.15 Å². The zero-order chi connectivity index (χ0) is 15.0. The number of unbranched alkanes of at least 4 members (excludes halogenated alkanes) is 2. The van der Waals surface area contributed by atoms with Crippen LogP contribution >= 0.6 is 0 Å². The molecule has 0 unspecified atom stereocenters. The molecule has 0 saturated carbocycles. The second kappa shape index (κ2) is 10.1. The van der Waals surface area contributed by atoms with Crippen molar-refractivity contribution in [2.75, 3.05) is 0 Å². The van der Waals surface area contributed by atoms with E-state index in [0.717, 1.165) is 0 Å². The Morgan fingerprint density at radius 3 is 1.32 bits per heavy atom. The van der Waals surface area contributed by atoms with Gasteiger partial charge in [-0.05, 0) is 0 Å². The van der Waals surface area contributed by atoms with Gasteiger partial charge in [-0.25, -0.2) is 10.9 Å². The van der Waals surface area contributed by atoms with Gasteiger partial charge in [0.2, 0.25) is 0 Å². The maximum absolute atomic E-state index is 2.35. The van der Waals surface area contributed by atoms with Gasteiger partial charge in [0.1, 0.15) is 0 Å². The van der Waals surface area contributed by atoms with Crippen LogP contribution < -0.4 is 10.9 Å². The smallest absolute Gasteiger partial charge is 0.205 e. The molecule has 0 N–H and O–H groups in total. The molecule has 2 aromatic rings. The van der Waals surface area contributed by atoms with Gasteiger partial charge in [-0.2, -0.15) is 12.6 Å². The molecule has 0 spiro atoms. The van der Waals surface area contributed by atoms with Gasteiger partial charge in [-0.1, -0.05) is 100 Å². The van der Waals surface area contributed by atoms with Crippen molar-refractivity contribution >= 4 is 17.1 Å². The molecule has 0 nitrogen and oxygen atoms in total. The second-order valence-electron chi connectivity index (χ2n) is 6.36. The van der Waals surface area contributed by atoms with Crippen molar-refractivity contribution in [1.29, 1.82) is 0 Å². The molecule has 0 aliphatic rings. The SMILES string of the molecule is CCCC[B-](CCCC)(c1ccccc1)c1ccccc1.[Ag+]. The zero-order valence-corrected chi connectivity index (χ0v) is 15.4. The Balaban J connectivity index is 0.00000242. The summed E-state index contributed by atoms with van der Waals surface area (Å²) in [5.74, 6) is 0. The van der Waals surface area contributed by atoms with Crippen molar-refractivity contribution in [3.8, 4) is 0 Å². The summed E-state index contributed by atoms with van der Waals surface area (Å²) in [6, 6.07) is 22.5. The summed E-state index contributed by atoms with van der Waals surface area (Å²) in [6.07, 6.45) is 7.18. The van der Waals surface area contributed by atoms with Crippen molar-refractivity contribution in [2.24, 2.45) is 0 Å². The molecule has 122 valence electrons. The van der Waals surface area contributed by atoms with E-state index in [1.807, 2.05) is 0 Å². The van der Waals surface area contributed by atoms with Crippen LogP contribution in [0.5, 0.6) is 0 Å². The molecule has 2 rings (SSSR count). The average molecular weight is 387 g/mol. The molecule has 0 heterocycles. The predicted molar refractivity (Wildman–Crippen MR) is 97.3 cm³/mol. The molecular weight excluding hydrogens is 359 g/mol. The molecule has 0 aliphatic heterocycles. The number of rotatable bonds is 8. The second-order valence-corrected chi connectivity index (χ2v) is 6.36. The first kappa shape index (κ1) is 19.3. The van der Waals surface area contributed by atoms with Gasteiger partial charge < -0.3 is 0 Å². The van der Waals surface area contributed by atoms with Crippen LogP contribution in [-0.2, 0) is 22.4 Å². The van der Waals surface area contributed by atoms with E-state index in [1.54, 1.807) is 10.9 Å². The van der Waals surface area contributed by atoms with Crippen LogP contribution in [0.3, 0.4) is 0 Å². The fourth-order valence-electron chi connectivity index (χ4n) is 3.75.